The smallest absolute Gasteiger partial charge is 0.410 e. The molecule has 0 aromatic rings. The summed E-state index contributed by atoms with van der Waals surface area (Å²) in [6, 6.07) is 0.470. The first kappa shape index (κ1) is 13.7. The van der Waals surface area contributed by atoms with Crippen LogP contribution in [-0.4, -0.2) is 42.3 Å². The minimum absolute atomic E-state index is 0.179. The summed E-state index contributed by atoms with van der Waals surface area (Å²) in [6.07, 6.45) is 5.34. The lowest BCUT2D eigenvalue weighted by Gasteiger charge is -2.40. The summed E-state index contributed by atoms with van der Waals surface area (Å²) in [5, 5.41) is 3.56. The van der Waals surface area contributed by atoms with Crippen LogP contribution >= 0.6 is 0 Å². The van der Waals surface area contributed by atoms with E-state index in [2.05, 4.69) is 5.32 Å². The van der Waals surface area contributed by atoms with E-state index in [0.717, 1.165) is 25.6 Å². The summed E-state index contributed by atoms with van der Waals surface area (Å²) < 4.78 is 5.33. The minimum Gasteiger partial charge on any atom is -0.444 e. The molecule has 104 valence electrons. The number of amides is 1. The number of nitrogens with one attached hydrogen (secondary N) is 1. The van der Waals surface area contributed by atoms with Gasteiger partial charge in [-0.15, -0.1) is 0 Å². The normalized spacial score (nSPS) is 22.1. The van der Waals surface area contributed by atoms with E-state index in [1.165, 1.54) is 25.7 Å². The third-order valence-corrected chi connectivity index (χ3v) is 3.70. The number of hydrogen-bond acceptors (Lipinski definition) is 3. The maximum atomic E-state index is 11.7. The molecule has 4 nitrogen and oxygen atoms in total. The second-order valence-electron chi connectivity index (χ2n) is 6.64. The van der Waals surface area contributed by atoms with Gasteiger partial charge in [-0.2, -0.15) is 0 Å². The molecule has 1 aliphatic carbocycles. The van der Waals surface area contributed by atoms with E-state index in [1.54, 1.807) is 4.90 Å². The van der Waals surface area contributed by atoms with E-state index in [1.807, 2.05) is 20.8 Å². The van der Waals surface area contributed by atoms with Gasteiger partial charge in [-0.05, 0) is 46.1 Å². The SMILES string of the molecule is CC(C)(C)OC(=O)N1CC(NCC2CCCC2)C1. The van der Waals surface area contributed by atoms with Crippen LogP contribution in [0.2, 0.25) is 0 Å². The summed E-state index contributed by atoms with van der Waals surface area (Å²) in [5.41, 5.74) is -0.389. The molecule has 1 heterocycles. The van der Waals surface area contributed by atoms with Gasteiger partial charge in [0.25, 0.3) is 0 Å². The summed E-state index contributed by atoms with van der Waals surface area (Å²) in [5.74, 6) is 0.862. The van der Waals surface area contributed by atoms with Crippen molar-refractivity contribution in [3.05, 3.63) is 0 Å². The highest BCUT2D eigenvalue weighted by atomic mass is 16.6. The Balaban J connectivity index is 1.60. The van der Waals surface area contributed by atoms with Crippen LogP contribution in [0.5, 0.6) is 0 Å². The van der Waals surface area contributed by atoms with Crippen molar-refractivity contribution in [1.29, 1.82) is 0 Å². The van der Waals surface area contributed by atoms with Gasteiger partial charge in [0.05, 0.1) is 0 Å². The van der Waals surface area contributed by atoms with Gasteiger partial charge in [-0.1, -0.05) is 12.8 Å². The van der Waals surface area contributed by atoms with Crippen molar-refractivity contribution in [2.24, 2.45) is 5.92 Å². The average molecular weight is 254 g/mol. The highest BCUT2D eigenvalue weighted by Gasteiger charge is 2.33. The minimum atomic E-state index is -0.389. The zero-order valence-electron chi connectivity index (χ0n) is 11.9. The third-order valence-electron chi connectivity index (χ3n) is 3.70. The molecule has 0 radical (unpaired) electrons. The number of nitrogens with zero attached hydrogens (tertiary/aromatic N) is 1. The Labute approximate surface area is 110 Å². The number of carbonyl (C=O) groups excluding carboxylic acids is 1. The average Bonchev–Trinajstić information content (AvgIpc) is 2.64. The standard InChI is InChI=1S/C14H26N2O2/c1-14(2,3)18-13(17)16-9-12(10-16)15-8-11-6-4-5-7-11/h11-12,15H,4-10H2,1-3H3. The molecule has 0 bridgehead atoms. The van der Waals surface area contributed by atoms with Crippen molar-refractivity contribution in [1.82, 2.24) is 10.2 Å². The first-order valence-corrected chi connectivity index (χ1v) is 7.15. The van der Waals surface area contributed by atoms with Crippen molar-refractivity contribution >= 4 is 6.09 Å². The van der Waals surface area contributed by atoms with Crippen molar-refractivity contribution in [3.63, 3.8) is 0 Å². The topological polar surface area (TPSA) is 41.6 Å². The first-order chi connectivity index (χ1) is 8.44. The Morgan fingerprint density at radius 2 is 1.89 bits per heavy atom. The molecule has 0 aromatic carbocycles. The second kappa shape index (κ2) is 5.47. The van der Waals surface area contributed by atoms with Gasteiger partial charge in [0.15, 0.2) is 0 Å². The molecule has 1 saturated heterocycles. The van der Waals surface area contributed by atoms with Gasteiger partial charge < -0.3 is 15.0 Å². The lowest BCUT2D eigenvalue weighted by Crippen LogP contribution is -2.61. The molecule has 1 amide bonds. The molecule has 0 atom stereocenters. The van der Waals surface area contributed by atoms with Crippen molar-refractivity contribution in [3.8, 4) is 0 Å². The van der Waals surface area contributed by atoms with Crippen LogP contribution in [-0.2, 0) is 4.74 Å². The Morgan fingerprint density at radius 3 is 2.44 bits per heavy atom. The van der Waals surface area contributed by atoms with Gasteiger partial charge in [-0.3, -0.25) is 0 Å². The number of hydrogen-bond donors (Lipinski definition) is 1. The zero-order chi connectivity index (χ0) is 13.2. The molecular weight excluding hydrogens is 228 g/mol. The van der Waals surface area contributed by atoms with Gasteiger partial charge in [-0.25, -0.2) is 4.79 Å². The van der Waals surface area contributed by atoms with Crippen molar-refractivity contribution < 1.29 is 9.53 Å². The van der Waals surface area contributed by atoms with Gasteiger partial charge in [0.2, 0.25) is 0 Å². The van der Waals surface area contributed by atoms with Gasteiger partial charge in [0, 0.05) is 19.1 Å². The van der Waals surface area contributed by atoms with Crippen molar-refractivity contribution in [2.45, 2.75) is 58.1 Å². The number of ether oxygens (including phenoxy) is 1. The van der Waals surface area contributed by atoms with Crippen LogP contribution in [0.1, 0.15) is 46.5 Å². The first-order valence-electron chi connectivity index (χ1n) is 7.15. The summed E-state index contributed by atoms with van der Waals surface area (Å²) in [4.78, 5) is 13.5. The summed E-state index contributed by atoms with van der Waals surface area (Å²) in [6.45, 7) is 8.41. The molecule has 4 heteroatoms. The molecule has 2 fully saturated rings. The van der Waals surface area contributed by atoms with E-state index in [9.17, 15) is 4.79 Å². The zero-order valence-corrected chi connectivity index (χ0v) is 11.9. The van der Waals surface area contributed by atoms with E-state index in [0.29, 0.717) is 6.04 Å². The molecule has 0 unspecified atom stereocenters. The molecule has 18 heavy (non-hydrogen) atoms. The molecule has 2 rings (SSSR count). The molecule has 0 aromatic heterocycles. The van der Waals surface area contributed by atoms with Crippen LogP contribution in [0.4, 0.5) is 4.79 Å². The van der Waals surface area contributed by atoms with Crippen LogP contribution in [0.25, 0.3) is 0 Å². The van der Waals surface area contributed by atoms with Gasteiger partial charge >= 0.3 is 6.09 Å². The highest BCUT2D eigenvalue weighted by Crippen LogP contribution is 2.24. The Hall–Kier alpha value is -0.770. The fourth-order valence-electron chi connectivity index (χ4n) is 2.63. The summed E-state index contributed by atoms with van der Waals surface area (Å²) in [7, 11) is 0. The third kappa shape index (κ3) is 3.87. The van der Waals surface area contributed by atoms with E-state index in [-0.39, 0.29) is 11.7 Å². The number of rotatable bonds is 3. The Bertz CT molecular complexity index is 287. The fourth-order valence-corrected chi connectivity index (χ4v) is 2.63. The maximum Gasteiger partial charge on any atom is 0.410 e. The van der Waals surface area contributed by atoms with E-state index >= 15 is 0 Å². The van der Waals surface area contributed by atoms with Crippen LogP contribution in [0, 0.1) is 5.92 Å². The van der Waals surface area contributed by atoms with E-state index in [4.69, 9.17) is 4.74 Å². The molecule has 1 saturated carbocycles. The largest absolute Gasteiger partial charge is 0.444 e. The maximum absolute atomic E-state index is 11.7. The fraction of sp³-hybridized carbons (Fsp3) is 0.929. The van der Waals surface area contributed by atoms with Crippen LogP contribution in [0.15, 0.2) is 0 Å². The van der Waals surface area contributed by atoms with Gasteiger partial charge in [0.1, 0.15) is 5.60 Å². The molecule has 1 aliphatic heterocycles. The molecular formula is C14H26N2O2. The summed E-state index contributed by atoms with van der Waals surface area (Å²) >= 11 is 0. The molecule has 2 aliphatic rings. The quantitative estimate of drug-likeness (QED) is 0.841. The molecule has 0 spiro atoms. The van der Waals surface area contributed by atoms with Crippen molar-refractivity contribution in [2.75, 3.05) is 19.6 Å². The number of carbonyl (C=O) groups is 1. The lowest BCUT2D eigenvalue weighted by atomic mass is 10.1. The Morgan fingerprint density at radius 1 is 1.28 bits per heavy atom. The highest BCUT2D eigenvalue weighted by molar-refractivity contribution is 5.69. The predicted octanol–water partition coefficient (Wildman–Crippen LogP) is 2.39. The van der Waals surface area contributed by atoms with Crippen LogP contribution < -0.4 is 5.32 Å². The lowest BCUT2D eigenvalue weighted by molar-refractivity contribution is 0.00504. The monoisotopic (exact) mass is 254 g/mol. The van der Waals surface area contributed by atoms with Crippen LogP contribution in [0.3, 0.4) is 0 Å². The molecule has 1 N–H and O–H groups in total. The Kier molecular flexibility index (Phi) is 4.15. The van der Waals surface area contributed by atoms with E-state index < -0.39 is 0 Å². The predicted molar refractivity (Wildman–Crippen MR) is 71.6 cm³/mol. The second-order valence-corrected chi connectivity index (χ2v) is 6.64. The number of likely N-dealkylation sites (tertiary alicyclic amines) is 1.